The molecule has 0 fully saturated rings. The topological polar surface area (TPSA) is 43.1 Å². The molecule has 0 N–H and O–H groups in total. The van der Waals surface area contributed by atoms with Crippen LogP contribution in [0.15, 0.2) is 42.7 Å². The van der Waals surface area contributed by atoms with E-state index in [2.05, 4.69) is 25.3 Å². The van der Waals surface area contributed by atoms with E-state index in [9.17, 15) is 4.79 Å². The quantitative estimate of drug-likeness (QED) is 0.612. The van der Waals surface area contributed by atoms with Gasteiger partial charge in [-0.25, -0.2) is 4.68 Å². The molecule has 0 spiro atoms. The van der Waals surface area contributed by atoms with Gasteiger partial charge in [0.25, 0.3) is 5.91 Å². The molecule has 0 saturated heterocycles. The lowest BCUT2D eigenvalue weighted by Gasteiger charge is -2.24. The van der Waals surface area contributed by atoms with Crippen molar-refractivity contribution in [1.29, 1.82) is 0 Å². The van der Waals surface area contributed by atoms with Gasteiger partial charge in [0.1, 0.15) is 5.82 Å². The molecule has 0 atom stereocenters. The van der Waals surface area contributed by atoms with Gasteiger partial charge in [-0.1, -0.05) is 23.2 Å². The van der Waals surface area contributed by atoms with Crippen LogP contribution in [-0.4, -0.2) is 25.2 Å². The lowest BCUT2D eigenvalue weighted by molar-refractivity contribution is 0.0748. The fraction of sp³-hybridized carbons (Fsp3) is 0.300. The fourth-order valence-corrected chi connectivity index (χ4v) is 3.88. The van der Waals surface area contributed by atoms with Crippen molar-refractivity contribution in [3.63, 3.8) is 0 Å². The minimum Gasteiger partial charge on any atom is -0.328 e. The van der Waals surface area contributed by atoms with Crippen molar-refractivity contribution >= 4 is 29.1 Å². The Morgan fingerprint density at radius 2 is 1.81 bits per heavy atom. The largest absolute Gasteiger partial charge is 0.328 e. The van der Waals surface area contributed by atoms with E-state index in [1.165, 1.54) is 0 Å². The second-order valence-corrected chi connectivity index (χ2v) is 8.55. The first-order valence-electron chi connectivity index (χ1n) is 8.74. The van der Waals surface area contributed by atoms with E-state index in [4.69, 9.17) is 28.3 Å². The Bertz CT molecular complexity index is 1020. The highest BCUT2D eigenvalue weighted by Gasteiger charge is 2.34. The summed E-state index contributed by atoms with van der Waals surface area (Å²) in [6, 6.07) is 8.92. The summed E-state index contributed by atoms with van der Waals surface area (Å²) in [4.78, 5) is 14.8. The molecule has 2 aromatic heterocycles. The highest BCUT2D eigenvalue weighted by Crippen LogP contribution is 2.33. The third kappa shape index (κ3) is 3.15. The summed E-state index contributed by atoms with van der Waals surface area (Å²) in [5, 5.41) is 5.70. The first kappa shape index (κ1) is 18.1. The van der Waals surface area contributed by atoms with Crippen LogP contribution in [0.2, 0.25) is 10.0 Å². The van der Waals surface area contributed by atoms with Crippen molar-refractivity contribution in [1.82, 2.24) is 19.2 Å². The Morgan fingerprint density at radius 1 is 1.11 bits per heavy atom. The summed E-state index contributed by atoms with van der Waals surface area (Å²) in [5.41, 5.74) is 2.28. The lowest BCUT2D eigenvalue weighted by Crippen LogP contribution is -2.29. The summed E-state index contributed by atoms with van der Waals surface area (Å²) in [7, 11) is 0. The van der Waals surface area contributed by atoms with Crippen LogP contribution in [0, 0.1) is 0 Å². The number of halogens is 2. The third-order valence-corrected chi connectivity index (χ3v) is 5.21. The number of amides is 1. The van der Waals surface area contributed by atoms with E-state index >= 15 is 0 Å². The maximum absolute atomic E-state index is 13.0. The second-order valence-electron chi connectivity index (χ2n) is 7.71. The number of aromatic nitrogens is 3. The van der Waals surface area contributed by atoms with E-state index in [-0.39, 0.29) is 11.4 Å². The predicted octanol–water partition coefficient (Wildman–Crippen LogP) is 4.89. The number of benzene rings is 1. The molecule has 1 amide bonds. The smallest absolute Gasteiger partial charge is 0.256 e. The van der Waals surface area contributed by atoms with Gasteiger partial charge in [-0.05, 0) is 51.1 Å². The van der Waals surface area contributed by atoms with Gasteiger partial charge in [0.2, 0.25) is 0 Å². The van der Waals surface area contributed by atoms with Crippen LogP contribution < -0.4 is 0 Å². The number of hydrogen-bond acceptors (Lipinski definition) is 2. The predicted molar refractivity (Wildman–Crippen MR) is 107 cm³/mol. The molecule has 3 heterocycles. The zero-order valence-corrected chi connectivity index (χ0v) is 16.9. The zero-order chi connectivity index (χ0) is 19.3. The first-order chi connectivity index (χ1) is 12.8. The number of nitrogens with zero attached hydrogens (tertiary/aromatic N) is 4. The molecule has 4 rings (SSSR count). The number of fused-ring (bicyclic) bond motifs is 1. The van der Waals surface area contributed by atoms with Crippen LogP contribution in [0.1, 0.15) is 42.4 Å². The summed E-state index contributed by atoms with van der Waals surface area (Å²) in [5.74, 6) is 0.885. The molecule has 5 nitrogen and oxygen atoms in total. The number of hydrogen-bond donors (Lipinski definition) is 0. The molecule has 3 aromatic rings. The standard InChI is InChI=1S/C20H20Cl2N4O/c1-20(2,3)26-18(24-8-4-5-9-24)15-11-25(12-17(15)23-26)19(27)14-7-6-13(21)10-16(14)22/h4-10H,11-12H2,1-3H3. The average molecular weight is 403 g/mol. The van der Waals surface area contributed by atoms with Crippen LogP contribution >= 0.6 is 23.2 Å². The van der Waals surface area contributed by atoms with Crippen LogP contribution in [0.5, 0.6) is 0 Å². The van der Waals surface area contributed by atoms with E-state index in [0.29, 0.717) is 28.7 Å². The maximum Gasteiger partial charge on any atom is 0.256 e. The second kappa shape index (κ2) is 6.43. The molecule has 1 aromatic carbocycles. The number of rotatable bonds is 2. The van der Waals surface area contributed by atoms with Crippen molar-refractivity contribution < 1.29 is 4.79 Å². The number of carbonyl (C=O) groups is 1. The minimum atomic E-state index is -0.168. The molecule has 1 aliphatic heterocycles. The van der Waals surface area contributed by atoms with Gasteiger partial charge in [0, 0.05) is 23.0 Å². The van der Waals surface area contributed by atoms with Gasteiger partial charge >= 0.3 is 0 Å². The molecule has 0 unspecified atom stereocenters. The zero-order valence-electron chi connectivity index (χ0n) is 15.4. The molecule has 0 aliphatic carbocycles. The summed E-state index contributed by atoms with van der Waals surface area (Å²) in [6.07, 6.45) is 4.00. The minimum absolute atomic E-state index is 0.115. The highest BCUT2D eigenvalue weighted by molar-refractivity contribution is 6.36. The highest BCUT2D eigenvalue weighted by atomic mass is 35.5. The van der Waals surface area contributed by atoms with Crippen LogP contribution in [0.3, 0.4) is 0 Å². The molecule has 0 radical (unpaired) electrons. The molecule has 140 valence electrons. The van der Waals surface area contributed by atoms with Crippen molar-refractivity contribution in [2.75, 3.05) is 0 Å². The Hall–Kier alpha value is -2.24. The fourth-order valence-electron chi connectivity index (χ4n) is 3.39. The van der Waals surface area contributed by atoms with Crippen LogP contribution in [0.25, 0.3) is 5.82 Å². The SMILES string of the molecule is CC(C)(C)n1nc2c(c1-n1cccc1)CN(C(=O)c1ccc(Cl)cc1Cl)C2. The van der Waals surface area contributed by atoms with Gasteiger partial charge in [0.15, 0.2) is 0 Å². The Labute approximate surface area is 168 Å². The normalized spacial score (nSPS) is 13.9. The monoisotopic (exact) mass is 402 g/mol. The molecule has 1 aliphatic rings. The van der Waals surface area contributed by atoms with E-state index in [1.807, 2.05) is 29.2 Å². The van der Waals surface area contributed by atoms with Crippen molar-refractivity contribution in [2.45, 2.75) is 39.4 Å². The molecular formula is C20H20Cl2N4O. The molecular weight excluding hydrogens is 383 g/mol. The van der Waals surface area contributed by atoms with Gasteiger partial charge < -0.3 is 9.47 Å². The van der Waals surface area contributed by atoms with E-state index in [1.54, 1.807) is 23.1 Å². The van der Waals surface area contributed by atoms with Crippen molar-refractivity contribution in [3.05, 3.63) is 69.6 Å². The summed E-state index contributed by atoms with van der Waals surface area (Å²) in [6.45, 7) is 7.33. The third-order valence-electron chi connectivity index (χ3n) is 4.66. The van der Waals surface area contributed by atoms with E-state index in [0.717, 1.165) is 17.1 Å². The Balaban J connectivity index is 1.71. The van der Waals surface area contributed by atoms with E-state index < -0.39 is 0 Å². The van der Waals surface area contributed by atoms with Gasteiger partial charge in [-0.2, -0.15) is 5.10 Å². The summed E-state index contributed by atoms with van der Waals surface area (Å²) >= 11 is 12.2. The Morgan fingerprint density at radius 3 is 2.44 bits per heavy atom. The molecule has 7 heteroatoms. The molecule has 27 heavy (non-hydrogen) atoms. The van der Waals surface area contributed by atoms with Gasteiger partial charge in [-0.3, -0.25) is 4.79 Å². The summed E-state index contributed by atoms with van der Waals surface area (Å²) < 4.78 is 4.09. The van der Waals surface area contributed by atoms with Crippen LogP contribution in [0.4, 0.5) is 0 Å². The van der Waals surface area contributed by atoms with Gasteiger partial charge in [-0.15, -0.1) is 0 Å². The first-order valence-corrected chi connectivity index (χ1v) is 9.50. The Kier molecular flexibility index (Phi) is 4.32. The maximum atomic E-state index is 13.0. The molecule has 0 saturated carbocycles. The van der Waals surface area contributed by atoms with Crippen LogP contribution in [-0.2, 0) is 18.6 Å². The van der Waals surface area contributed by atoms with Crippen molar-refractivity contribution in [2.24, 2.45) is 0 Å². The van der Waals surface area contributed by atoms with Crippen molar-refractivity contribution in [3.8, 4) is 5.82 Å². The lowest BCUT2D eigenvalue weighted by atomic mass is 10.1. The molecule has 0 bridgehead atoms. The average Bonchev–Trinajstić information content (AvgIpc) is 3.28. The number of carbonyl (C=O) groups excluding carboxylic acids is 1. The van der Waals surface area contributed by atoms with Gasteiger partial charge in [0.05, 0.1) is 34.9 Å².